The van der Waals surface area contributed by atoms with E-state index in [2.05, 4.69) is 12.2 Å². The second-order valence-electron chi connectivity index (χ2n) is 5.73. The molecule has 1 aliphatic rings. The Bertz CT molecular complexity index is 715. The molecule has 1 aromatic carbocycles. The van der Waals surface area contributed by atoms with Crippen molar-refractivity contribution in [1.29, 1.82) is 0 Å². The molecule has 1 N–H and O–H groups in total. The van der Waals surface area contributed by atoms with Gasteiger partial charge >= 0.3 is 5.97 Å². The molecular formula is C19H23NO4S2. The molecule has 0 radical (unpaired) electrons. The monoisotopic (exact) mass is 393 g/mol. The summed E-state index contributed by atoms with van der Waals surface area (Å²) in [6, 6.07) is 7.62. The van der Waals surface area contributed by atoms with Gasteiger partial charge < -0.3 is 14.8 Å². The highest BCUT2D eigenvalue weighted by Gasteiger charge is 2.25. The predicted octanol–water partition coefficient (Wildman–Crippen LogP) is 3.76. The zero-order valence-corrected chi connectivity index (χ0v) is 16.6. The number of hydrogen-bond donors (Lipinski definition) is 1. The van der Waals surface area contributed by atoms with Crippen molar-refractivity contribution in [3.63, 3.8) is 0 Å². The molecule has 26 heavy (non-hydrogen) atoms. The number of para-hydroxylation sites is 1. The van der Waals surface area contributed by atoms with Gasteiger partial charge in [-0.25, -0.2) is 4.79 Å². The van der Waals surface area contributed by atoms with Gasteiger partial charge in [-0.15, -0.1) is 0 Å². The Morgan fingerprint density at radius 3 is 2.65 bits per heavy atom. The molecule has 1 saturated heterocycles. The summed E-state index contributed by atoms with van der Waals surface area (Å²) in [7, 11) is 0. The number of aryl methyl sites for hydroxylation is 1. The van der Waals surface area contributed by atoms with E-state index in [-0.39, 0.29) is 18.5 Å². The minimum atomic E-state index is -0.386. The van der Waals surface area contributed by atoms with E-state index < -0.39 is 0 Å². The van der Waals surface area contributed by atoms with E-state index in [1.165, 1.54) is 11.8 Å². The highest BCUT2D eigenvalue weighted by atomic mass is 32.2. The zero-order valence-electron chi connectivity index (χ0n) is 15.0. The molecule has 2 rings (SSSR count). The van der Waals surface area contributed by atoms with E-state index >= 15 is 0 Å². The van der Waals surface area contributed by atoms with Crippen LogP contribution in [0.5, 0.6) is 5.75 Å². The van der Waals surface area contributed by atoms with Gasteiger partial charge in [-0.3, -0.25) is 4.79 Å². The fourth-order valence-corrected chi connectivity index (χ4v) is 3.84. The summed E-state index contributed by atoms with van der Waals surface area (Å²) in [5.41, 5.74) is 2.10. The summed E-state index contributed by atoms with van der Waals surface area (Å²) in [4.78, 5) is 24.3. The van der Waals surface area contributed by atoms with Gasteiger partial charge in [0.1, 0.15) is 10.1 Å². The number of rotatable bonds is 9. The molecule has 0 atom stereocenters. The Morgan fingerprint density at radius 1 is 1.23 bits per heavy atom. The highest BCUT2D eigenvalue weighted by molar-refractivity contribution is 8.26. The summed E-state index contributed by atoms with van der Waals surface area (Å²) in [5.74, 6) is 0.180. The van der Waals surface area contributed by atoms with Crippen LogP contribution in [0.2, 0.25) is 0 Å². The number of ether oxygens (including phenoxy) is 2. The Balaban J connectivity index is 2.07. The van der Waals surface area contributed by atoms with Crippen LogP contribution in [0.4, 0.5) is 0 Å². The van der Waals surface area contributed by atoms with Crippen LogP contribution in [-0.4, -0.2) is 29.4 Å². The molecule has 0 saturated carbocycles. The summed E-state index contributed by atoms with van der Waals surface area (Å²) >= 11 is 6.43. The molecule has 1 amide bonds. The molecule has 140 valence electrons. The van der Waals surface area contributed by atoms with Crippen LogP contribution in [0.25, 0.3) is 0 Å². The number of benzene rings is 1. The lowest BCUT2D eigenvalue weighted by Gasteiger charge is -2.13. The fraction of sp³-hybridized carbons (Fsp3) is 0.421. The number of amides is 1. The lowest BCUT2D eigenvalue weighted by Crippen LogP contribution is -2.18. The molecule has 0 bridgehead atoms. The molecule has 1 aromatic rings. The van der Waals surface area contributed by atoms with Crippen LogP contribution in [0.15, 0.2) is 34.7 Å². The van der Waals surface area contributed by atoms with Gasteiger partial charge in [-0.05, 0) is 37.8 Å². The average molecular weight is 394 g/mol. The quantitative estimate of drug-likeness (QED) is 0.391. The number of hydrogen-bond acceptors (Lipinski definition) is 6. The number of nitrogens with one attached hydrogen (secondary N) is 1. The van der Waals surface area contributed by atoms with Crippen molar-refractivity contribution in [2.75, 3.05) is 13.2 Å². The van der Waals surface area contributed by atoms with Crippen molar-refractivity contribution in [3.8, 4) is 5.75 Å². The van der Waals surface area contributed by atoms with E-state index in [1.807, 2.05) is 24.3 Å². The molecule has 1 aliphatic heterocycles. The van der Waals surface area contributed by atoms with Crippen molar-refractivity contribution in [2.24, 2.45) is 0 Å². The number of esters is 1. The second kappa shape index (κ2) is 10.3. The molecule has 0 aromatic heterocycles. The van der Waals surface area contributed by atoms with Crippen LogP contribution in [0, 0.1) is 0 Å². The number of carbonyl (C=O) groups is 2. The topological polar surface area (TPSA) is 64.6 Å². The van der Waals surface area contributed by atoms with Crippen LogP contribution in [0.1, 0.15) is 38.7 Å². The molecule has 0 aliphatic carbocycles. The summed E-state index contributed by atoms with van der Waals surface area (Å²) in [5, 5.41) is 2.68. The molecule has 7 heteroatoms. The second-order valence-corrected chi connectivity index (χ2v) is 7.42. The third-order valence-corrected chi connectivity index (χ3v) is 5.13. The number of thioether (sulfide) groups is 1. The van der Waals surface area contributed by atoms with Gasteiger partial charge in [0, 0.05) is 0 Å². The zero-order chi connectivity index (χ0) is 18.9. The molecular weight excluding hydrogens is 370 g/mol. The fourth-order valence-electron chi connectivity index (χ4n) is 2.68. The lowest BCUT2D eigenvalue weighted by atomic mass is 10.00. The normalized spacial score (nSPS) is 15.6. The van der Waals surface area contributed by atoms with Gasteiger partial charge in [-0.1, -0.05) is 61.1 Å². The van der Waals surface area contributed by atoms with Gasteiger partial charge in [0.15, 0.2) is 6.61 Å². The van der Waals surface area contributed by atoms with E-state index in [0.717, 1.165) is 41.7 Å². The van der Waals surface area contributed by atoms with Crippen LogP contribution in [-0.2, 0) is 20.7 Å². The SMILES string of the molecule is CCCC(CCc1ccccc1OCC(=O)OCC)=C1SC(=S)NC1=O. The summed E-state index contributed by atoms with van der Waals surface area (Å²) < 4.78 is 11.0. The van der Waals surface area contributed by atoms with Crippen molar-refractivity contribution >= 4 is 40.2 Å². The Labute approximate surface area is 163 Å². The molecule has 0 spiro atoms. The smallest absolute Gasteiger partial charge is 0.344 e. The largest absolute Gasteiger partial charge is 0.482 e. The first-order valence-corrected chi connectivity index (χ1v) is 9.89. The maximum atomic E-state index is 12.1. The number of carbonyl (C=O) groups excluding carboxylic acids is 2. The third-order valence-electron chi connectivity index (χ3n) is 3.81. The number of thiocarbonyl (C=S) groups is 1. The maximum Gasteiger partial charge on any atom is 0.344 e. The van der Waals surface area contributed by atoms with E-state index in [4.69, 9.17) is 21.7 Å². The maximum absolute atomic E-state index is 12.1. The van der Waals surface area contributed by atoms with E-state index in [1.54, 1.807) is 6.92 Å². The Morgan fingerprint density at radius 2 is 2.00 bits per heavy atom. The van der Waals surface area contributed by atoms with Crippen molar-refractivity contribution in [1.82, 2.24) is 5.32 Å². The summed E-state index contributed by atoms with van der Waals surface area (Å²) in [6.07, 6.45) is 3.27. The standard InChI is InChI=1S/C19H23NO4S2/c1-3-7-14(17-18(22)20-19(25)26-17)11-10-13-8-5-6-9-15(13)24-12-16(21)23-4-2/h5-6,8-9H,3-4,7,10-12H2,1-2H3,(H,20,22,25). The highest BCUT2D eigenvalue weighted by Crippen LogP contribution is 2.32. The molecule has 1 fully saturated rings. The third kappa shape index (κ3) is 5.85. The lowest BCUT2D eigenvalue weighted by molar-refractivity contribution is -0.145. The number of allylic oxidation sites excluding steroid dienone is 1. The molecule has 0 unspecified atom stereocenters. The molecule has 1 heterocycles. The van der Waals surface area contributed by atoms with Crippen LogP contribution in [0.3, 0.4) is 0 Å². The van der Waals surface area contributed by atoms with Crippen molar-refractivity contribution in [2.45, 2.75) is 39.5 Å². The first-order valence-electron chi connectivity index (χ1n) is 8.66. The van der Waals surface area contributed by atoms with Crippen LogP contribution < -0.4 is 10.1 Å². The van der Waals surface area contributed by atoms with Crippen molar-refractivity contribution < 1.29 is 19.1 Å². The average Bonchev–Trinajstić information content (AvgIpc) is 2.96. The van der Waals surface area contributed by atoms with Gasteiger partial charge in [0.2, 0.25) is 0 Å². The van der Waals surface area contributed by atoms with Crippen molar-refractivity contribution in [3.05, 3.63) is 40.3 Å². The van der Waals surface area contributed by atoms with Crippen LogP contribution >= 0.6 is 24.0 Å². The minimum absolute atomic E-state index is 0.102. The minimum Gasteiger partial charge on any atom is -0.482 e. The van der Waals surface area contributed by atoms with Gasteiger partial charge in [0.05, 0.1) is 11.5 Å². The first-order chi connectivity index (χ1) is 12.5. The Hall–Kier alpha value is -1.86. The predicted molar refractivity (Wildman–Crippen MR) is 107 cm³/mol. The van der Waals surface area contributed by atoms with E-state index in [0.29, 0.717) is 16.7 Å². The van der Waals surface area contributed by atoms with E-state index in [9.17, 15) is 9.59 Å². The van der Waals surface area contributed by atoms with Gasteiger partial charge in [-0.2, -0.15) is 0 Å². The summed E-state index contributed by atoms with van der Waals surface area (Å²) in [6.45, 7) is 4.07. The van der Waals surface area contributed by atoms with Gasteiger partial charge in [0.25, 0.3) is 5.91 Å². The molecule has 5 nitrogen and oxygen atoms in total. The Kier molecular flexibility index (Phi) is 8.12. The first kappa shape index (κ1) is 20.5.